The number of alkyl halides is 5. The molecule has 1 aliphatic carbocycles. The van der Waals surface area contributed by atoms with Crippen molar-refractivity contribution < 1.29 is 26.7 Å². The number of halogens is 5. The standard InChI is InChI=1S/C28H31F5N8O/c1-17-13-38(23(19-11-27(29,30)12-19)18-4-6-20(7-5-18)28(31,32)33)8-9-40(17)24-22-25(41-16-35-37-26(41)36-24)39(15-34-22)14-21-3-2-10-42-21/h4-7,15-17,19,21,23H,2-3,8-14H2,1H3. The molecule has 3 aliphatic rings. The summed E-state index contributed by atoms with van der Waals surface area (Å²) in [5, 5.41) is 8.27. The topological polar surface area (TPSA) is 76.6 Å². The third kappa shape index (κ3) is 4.87. The van der Waals surface area contributed by atoms with Gasteiger partial charge in [0.2, 0.25) is 5.92 Å². The molecule has 3 fully saturated rings. The number of piperazine rings is 1. The monoisotopic (exact) mass is 590 g/mol. The Kier molecular flexibility index (Phi) is 6.61. The largest absolute Gasteiger partial charge is 0.416 e. The number of imidazole rings is 1. The molecule has 0 bridgehead atoms. The molecule has 3 atom stereocenters. The third-order valence-corrected chi connectivity index (χ3v) is 8.88. The fraction of sp³-hybridized carbons (Fsp3) is 0.571. The zero-order valence-electron chi connectivity index (χ0n) is 23.0. The molecule has 0 radical (unpaired) electrons. The number of aromatic nitrogens is 6. The van der Waals surface area contributed by atoms with Crippen LogP contribution in [0, 0.1) is 5.92 Å². The van der Waals surface area contributed by atoms with Gasteiger partial charge in [-0.1, -0.05) is 12.1 Å². The molecule has 0 amide bonds. The summed E-state index contributed by atoms with van der Waals surface area (Å²) in [4.78, 5) is 13.8. The molecule has 224 valence electrons. The van der Waals surface area contributed by atoms with E-state index in [4.69, 9.17) is 14.7 Å². The van der Waals surface area contributed by atoms with Crippen LogP contribution in [-0.2, 0) is 17.5 Å². The Morgan fingerprint density at radius 1 is 1.10 bits per heavy atom. The number of fused-ring (bicyclic) bond motifs is 3. The van der Waals surface area contributed by atoms with Crippen molar-refractivity contribution in [3.63, 3.8) is 0 Å². The average Bonchev–Trinajstić information content (AvgIpc) is 3.69. The highest BCUT2D eigenvalue weighted by atomic mass is 19.4. The highest BCUT2D eigenvalue weighted by Crippen LogP contribution is 2.51. The molecule has 1 aromatic carbocycles. The number of rotatable bonds is 6. The van der Waals surface area contributed by atoms with Crippen LogP contribution < -0.4 is 4.90 Å². The molecule has 2 saturated heterocycles. The van der Waals surface area contributed by atoms with Crippen LogP contribution in [0.1, 0.15) is 49.8 Å². The molecule has 9 nitrogen and oxygen atoms in total. The van der Waals surface area contributed by atoms with Crippen molar-refractivity contribution in [2.45, 2.75) is 69.4 Å². The Balaban J connectivity index is 1.17. The maximum Gasteiger partial charge on any atom is 0.416 e. The third-order valence-electron chi connectivity index (χ3n) is 8.88. The van der Waals surface area contributed by atoms with Crippen molar-refractivity contribution in [3.05, 3.63) is 48.0 Å². The summed E-state index contributed by atoms with van der Waals surface area (Å²) >= 11 is 0. The number of nitrogens with zero attached hydrogens (tertiary/aromatic N) is 8. The fourth-order valence-electron chi connectivity index (χ4n) is 6.86. The van der Waals surface area contributed by atoms with E-state index in [-0.39, 0.29) is 30.9 Å². The summed E-state index contributed by atoms with van der Waals surface area (Å²) in [6.45, 7) is 5.02. The van der Waals surface area contributed by atoms with Crippen molar-refractivity contribution in [2.24, 2.45) is 5.92 Å². The summed E-state index contributed by atoms with van der Waals surface area (Å²) in [5.74, 6) is -1.97. The number of benzene rings is 1. The van der Waals surface area contributed by atoms with Gasteiger partial charge in [0.05, 0.1) is 24.5 Å². The molecule has 7 rings (SSSR count). The minimum atomic E-state index is -4.46. The van der Waals surface area contributed by atoms with Gasteiger partial charge < -0.3 is 14.2 Å². The van der Waals surface area contributed by atoms with Crippen molar-refractivity contribution >= 4 is 22.8 Å². The van der Waals surface area contributed by atoms with Gasteiger partial charge in [0.15, 0.2) is 11.5 Å². The van der Waals surface area contributed by atoms with Crippen molar-refractivity contribution in [1.29, 1.82) is 0 Å². The van der Waals surface area contributed by atoms with E-state index in [1.807, 2.05) is 15.9 Å². The first kappa shape index (κ1) is 27.4. The van der Waals surface area contributed by atoms with Crippen LogP contribution in [0.2, 0.25) is 0 Å². The highest BCUT2D eigenvalue weighted by molar-refractivity contribution is 5.86. The fourth-order valence-corrected chi connectivity index (χ4v) is 6.86. The van der Waals surface area contributed by atoms with Gasteiger partial charge in [-0.15, -0.1) is 10.2 Å². The molecule has 14 heteroatoms. The maximum atomic E-state index is 14.0. The van der Waals surface area contributed by atoms with Crippen LogP contribution >= 0.6 is 0 Å². The Hall–Kier alpha value is -3.39. The van der Waals surface area contributed by atoms with E-state index in [1.165, 1.54) is 12.1 Å². The summed E-state index contributed by atoms with van der Waals surface area (Å²) in [5.41, 5.74) is 1.41. The lowest BCUT2D eigenvalue weighted by Crippen LogP contribution is -2.56. The molecule has 0 N–H and O–H groups in total. The summed E-state index contributed by atoms with van der Waals surface area (Å²) in [7, 11) is 0. The smallest absolute Gasteiger partial charge is 0.376 e. The molecular weight excluding hydrogens is 559 g/mol. The average molecular weight is 591 g/mol. The predicted molar refractivity (Wildman–Crippen MR) is 143 cm³/mol. The lowest BCUT2D eigenvalue weighted by atomic mass is 9.73. The van der Waals surface area contributed by atoms with E-state index in [9.17, 15) is 22.0 Å². The van der Waals surface area contributed by atoms with Gasteiger partial charge in [-0.05, 0) is 43.4 Å². The molecule has 42 heavy (non-hydrogen) atoms. The molecule has 0 spiro atoms. The van der Waals surface area contributed by atoms with E-state index < -0.39 is 23.7 Å². The predicted octanol–water partition coefficient (Wildman–Crippen LogP) is 4.97. The van der Waals surface area contributed by atoms with Gasteiger partial charge in [0.1, 0.15) is 11.8 Å². The van der Waals surface area contributed by atoms with Crippen LogP contribution in [0.25, 0.3) is 16.9 Å². The van der Waals surface area contributed by atoms with Gasteiger partial charge in [0.25, 0.3) is 5.78 Å². The maximum absolute atomic E-state index is 14.0. The van der Waals surface area contributed by atoms with E-state index in [2.05, 4.69) is 20.0 Å². The van der Waals surface area contributed by atoms with Gasteiger partial charge in [0, 0.05) is 51.2 Å². The molecule has 2 aliphatic heterocycles. The molecule has 4 aromatic rings. The van der Waals surface area contributed by atoms with E-state index >= 15 is 0 Å². The van der Waals surface area contributed by atoms with Gasteiger partial charge in [-0.3, -0.25) is 4.90 Å². The molecule has 3 aromatic heterocycles. The van der Waals surface area contributed by atoms with Crippen LogP contribution in [-0.4, -0.2) is 78.3 Å². The van der Waals surface area contributed by atoms with Crippen molar-refractivity contribution in [1.82, 2.24) is 34.0 Å². The first-order valence-corrected chi connectivity index (χ1v) is 14.3. The zero-order chi connectivity index (χ0) is 29.2. The first-order valence-electron chi connectivity index (χ1n) is 14.3. The molecular formula is C28H31F5N8O. The van der Waals surface area contributed by atoms with Crippen LogP contribution in [0.4, 0.5) is 27.8 Å². The number of hydrogen-bond donors (Lipinski definition) is 0. The van der Waals surface area contributed by atoms with Crippen molar-refractivity contribution in [2.75, 3.05) is 31.1 Å². The molecule has 3 unspecified atom stereocenters. The second kappa shape index (κ2) is 10.1. The quantitative estimate of drug-likeness (QED) is 0.294. The van der Waals surface area contributed by atoms with E-state index in [0.717, 1.165) is 37.2 Å². The minimum absolute atomic E-state index is 0.0827. The summed E-state index contributed by atoms with van der Waals surface area (Å²) < 4.78 is 77.3. The summed E-state index contributed by atoms with van der Waals surface area (Å²) in [6.07, 6.45) is 0.506. The number of anilines is 1. The van der Waals surface area contributed by atoms with Gasteiger partial charge in [-0.25, -0.2) is 18.2 Å². The van der Waals surface area contributed by atoms with Crippen LogP contribution in [0.5, 0.6) is 0 Å². The lowest BCUT2D eigenvalue weighted by molar-refractivity contribution is -0.137. The van der Waals surface area contributed by atoms with Crippen molar-refractivity contribution in [3.8, 4) is 0 Å². The lowest BCUT2D eigenvalue weighted by Gasteiger charge is -2.49. The Morgan fingerprint density at radius 2 is 1.88 bits per heavy atom. The van der Waals surface area contributed by atoms with E-state index in [0.29, 0.717) is 48.9 Å². The van der Waals surface area contributed by atoms with Gasteiger partial charge in [-0.2, -0.15) is 18.2 Å². The number of ether oxygens (including phenoxy) is 1. The Labute approximate surface area is 238 Å². The Morgan fingerprint density at radius 3 is 2.55 bits per heavy atom. The second-order valence-electron chi connectivity index (χ2n) is 11.8. The van der Waals surface area contributed by atoms with E-state index in [1.54, 1.807) is 12.7 Å². The minimum Gasteiger partial charge on any atom is -0.376 e. The normalized spacial score (nSPS) is 24.5. The highest BCUT2D eigenvalue weighted by Gasteiger charge is 2.51. The zero-order valence-corrected chi connectivity index (χ0v) is 23.0. The molecule has 5 heterocycles. The van der Waals surface area contributed by atoms with Gasteiger partial charge >= 0.3 is 6.18 Å². The second-order valence-corrected chi connectivity index (χ2v) is 11.8. The molecule has 1 saturated carbocycles. The SMILES string of the molecule is CC1CN(C(c2ccc(C(F)(F)F)cc2)C2CC(F)(F)C2)CCN1c1nc2nncn2c2c1ncn2CC1CCCO1. The number of hydrogen-bond acceptors (Lipinski definition) is 7. The first-order chi connectivity index (χ1) is 20.1. The van der Waals surface area contributed by atoms with Crippen LogP contribution in [0.15, 0.2) is 36.9 Å². The Bertz CT molecular complexity index is 1570. The van der Waals surface area contributed by atoms with Crippen LogP contribution in [0.3, 0.4) is 0 Å². The summed E-state index contributed by atoms with van der Waals surface area (Å²) in [6, 6.07) is 4.47.